The minimum Gasteiger partial charge on any atom is -0.376 e. The van der Waals surface area contributed by atoms with Gasteiger partial charge in [0.25, 0.3) is 0 Å². The van der Waals surface area contributed by atoms with Crippen LogP contribution in [0.1, 0.15) is 22.6 Å². The van der Waals surface area contributed by atoms with Crippen molar-refractivity contribution in [1.82, 2.24) is 9.97 Å². The van der Waals surface area contributed by atoms with E-state index in [0.29, 0.717) is 6.61 Å². The molecule has 2 aromatic rings. The number of nitrogens with one attached hydrogen (secondary N) is 1. The van der Waals surface area contributed by atoms with E-state index in [-0.39, 0.29) is 0 Å². The third kappa shape index (κ3) is 2.83. The summed E-state index contributed by atoms with van der Waals surface area (Å²) in [7, 11) is 1.89. The summed E-state index contributed by atoms with van der Waals surface area (Å²) in [6, 6.07) is 8.27. The van der Waals surface area contributed by atoms with E-state index in [1.54, 1.807) is 0 Å². The van der Waals surface area contributed by atoms with Gasteiger partial charge in [-0.3, -0.25) is 0 Å². The van der Waals surface area contributed by atoms with Gasteiger partial charge in [-0.1, -0.05) is 28.1 Å². The number of ether oxygens (including phenoxy) is 1. The zero-order valence-corrected chi connectivity index (χ0v) is 12.9. The van der Waals surface area contributed by atoms with Crippen molar-refractivity contribution < 1.29 is 4.74 Å². The number of rotatable bonds is 3. The van der Waals surface area contributed by atoms with Crippen LogP contribution < -0.4 is 5.32 Å². The van der Waals surface area contributed by atoms with Gasteiger partial charge >= 0.3 is 0 Å². The van der Waals surface area contributed by atoms with Crippen molar-refractivity contribution in [3.63, 3.8) is 0 Å². The molecule has 0 amide bonds. The van der Waals surface area contributed by atoms with Crippen molar-refractivity contribution in [3.8, 4) is 0 Å². The van der Waals surface area contributed by atoms with Crippen LogP contribution in [-0.4, -0.2) is 23.6 Å². The average Bonchev–Trinajstić information content (AvgIpc) is 2.49. The van der Waals surface area contributed by atoms with E-state index in [1.165, 1.54) is 5.56 Å². The second-order valence-corrected chi connectivity index (χ2v) is 5.69. The Hall–Kier alpha value is -1.46. The number of nitrogens with zero attached hydrogens (tertiary/aromatic N) is 2. The number of benzene rings is 1. The molecule has 0 saturated carbocycles. The lowest BCUT2D eigenvalue weighted by Crippen LogP contribution is -2.17. The molecule has 0 bridgehead atoms. The Labute approximate surface area is 126 Å². The number of hydrogen-bond acceptors (Lipinski definition) is 4. The minimum atomic E-state index is 0.601. The lowest BCUT2D eigenvalue weighted by Gasteiger charge is -2.19. The monoisotopic (exact) mass is 333 g/mol. The fraction of sp³-hybridized carbons (Fsp3) is 0.333. The lowest BCUT2D eigenvalue weighted by molar-refractivity contribution is 0.109. The van der Waals surface area contributed by atoms with Crippen LogP contribution in [0.2, 0.25) is 0 Å². The van der Waals surface area contributed by atoms with E-state index in [9.17, 15) is 0 Å². The van der Waals surface area contributed by atoms with E-state index in [0.717, 1.165) is 46.8 Å². The van der Waals surface area contributed by atoms with E-state index in [2.05, 4.69) is 38.4 Å². The third-order valence-electron chi connectivity index (χ3n) is 3.38. The molecule has 0 radical (unpaired) electrons. The van der Waals surface area contributed by atoms with Gasteiger partial charge in [-0.2, -0.15) is 0 Å². The summed E-state index contributed by atoms with van der Waals surface area (Å²) in [4.78, 5) is 9.31. The smallest absolute Gasteiger partial charge is 0.135 e. The Morgan fingerprint density at radius 2 is 2.05 bits per heavy atom. The molecular weight excluding hydrogens is 318 g/mol. The molecule has 1 aliphatic rings. The normalized spacial score (nSPS) is 13.9. The summed E-state index contributed by atoms with van der Waals surface area (Å²) in [5, 5.41) is 3.15. The van der Waals surface area contributed by atoms with E-state index in [1.807, 2.05) is 19.2 Å². The van der Waals surface area contributed by atoms with Crippen LogP contribution in [0, 0.1) is 0 Å². The molecule has 0 saturated heterocycles. The highest BCUT2D eigenvalue weighted by Gasteiger charge is 2.17. The molecule has 20 heavy (non-hydrogen) atoms. The van der Waals surface area contributed by atoms with Crippen LogP contribution in [0.3, 0.4) is 0 Å². The van der Waals surface area contributed by atoms with Crippen LogP contribution in [0.25, 0.3) is 0 Å². The molecule has 0 fully saturated rings. The Bertz CT molecular complexity index is 596. The van der Waals surface area contributed by atoms with E-state index in [4.69, 9.17) is 9.72 Å². The fourth-order valence-electron chi connectivity index (χ4n) is 2.35. The van der Waals surface area contributed by atoms with Gasteiger partial charge in [-0.25, -0.2) is 9.97 Å². The van der Waals surface area contributed by atoms with Crippen molar-refractivity contribution in [2.24, 2.45) is 0 Å². The largest absolute Gasteiger partial charge is 0.376 e. The quantitative estimate of drug-likeness (QED) is 0.938. The molecule has 5 heteroatoms. The first-order chi connectivity index (χ1) is 9.76. The van der Waals surface area contributed by atoms with E-state index < -0.39 is 0 Å². The van der Waals surface area contributed by atoms with E-state index >= 15 is 0 Å². The van der Waals surface area contributed by atoms with Gasteiger partial charge in [-0.05, 0) is 17.7 Å². The van der Waals surface area contributed by atoms with Crippen molar-refractivity contribution in [2.75, 3.05) is 19.0 Å². The first-order valence-electron chi connectivity index (χ1n) is 6.65. The predicted octanol–water partition coefficient (Wildman–Crippen LogP) is 2.94. The summed E-state index contributed by atoms with van der Waals surface area (Å²) in [5.74, 6) is 1.75. The van der Waals surface area contributed by atoms with Crippen LogP contribution in [-0.2, 0) is 24.2 Å². The molecule has 4 nitrogen and oxygen atoms in total. The summed E-state index contributed by atoms with van der Waals surface area (Å²) in [6.45, 7) is 1.34. The topological polar surface area (TPSA) is 47.0 Å². The first-order valence-corrected chi connectivity index (χ1v) is 7.44. The van der Waals surface area contributed by atoms with Crippen molar-refractivity contribution in [3.05, 3.63) is 51.4 Å². The van der Waals surface area contributed by atoms with Gasteiger partial charge in [-0.15, -0.1) is 0 Å². The Morgan fingerprint density at radius 1 is 1.25 bits per heavy atom. The number of anilines is 1. The second-order valence-electron chi connectivity index (χ2n) is 4.77. The fourth-order valence-corrected chi connectivity index (χ4v) is 2.62. The predicted molar refractivity (Wildman–Crippen MR) is 81.9 cm³/mol. The molecule has 0 spiro atoms. The molecule has 104 valence electrons. The van der Waals surface area contributed by atoms with Gasteiger partial charge in [0.2, 0.25) is 0 Å². The highest BCUT2D eigenvalue weighted by atomic mass is 79.9. The van der Waals surface area contributed by atoms with Crippen molar-refractivity contribution >= 4 is 21.7 Å². The van der Waals surface area contributed by atoms with Gasteiger partial charge in [0.15, 0.2) is 0 Å². The highest BCUT2D eigenvalue weighted by Crippen LogP contribution is 2.23. The molecule has 2 heterocycles. The van der Waals surface area contributed by atoms with Crippen LogP contribution >= 0.6 is 15.9 Å². The first kappa shape index (κ1) is 13.5. The maximum Gasteiger partial charge on any atom is 0.135 e. The number of aromatic nitrogens is 2. The number of halogens is 1. The standard InChI is InChI=1S/C15H16BrN3O/c1-17-15-12-9-20-7-6-13(12)18-14(19-15)8-10-2-4-11(16)5-3-10/h2-5H,6-9H2,1H3,(H,17,18,19). The SMILES string of the molecule is CNc1nc(Cc2ccc(Br)cc2)nc2c1COCC2. The molecule has 1 aliphatic heterocycles. The van der Waals surface area contributed by atoms with Gasteiger partial charge in [0.05, 0.1) is 18.9 Å². The zero-order chi connectivity index (χ0) is 13.9. The summed E-state index contributed by atoms with van der Waals surface area (Å²) < 4.78 is 6.57. The van der Waals surface area contributed by atoms with Gasteiger partial charge < -0.3 is 10.1 Å². The Kier molecular flexibility index (Phi) is 3.98. The molecule has 1 N–H and O–H groups in total. The number of hydrogen-bond donors (Lipinski definition) is 1. The summed E-state index contributed by atoms with van der Waals surface area (Å²) >= 11 is 3.45. The van der Waals surface area contributed by atoms with Crippen LogP contribution in [0.5, 0.6) is 0 Å². The maximum atomic E-state index is 5.48. The van der Waals surface area contributed by atoms with Crippen LogP contribution in [0.4, 0.5) is 5.82 Å². The van der Waals surface area contributed by atoms with Crippen molar-refractivity contribution in [2.45, 2.75) is 19.4 Å². The van der Waals surface area contributed by atoms with Crippen molar-refractivity contribution in [1.29, 1.82) is 0 Å². The van der Waals surface area contributed by atoms with Crippen LogP contribution in [0.15, 0.2) is 28.7 Å². The third-order valence-corrected chi connectivity index (χ3v) is 3.91. The maximum absolute atomic E-state index is 5.48. The molecule has 1 aromatic heterocycles. The minimum absolute atomic E-state index is 0.601. The number of fused-ring (bicyclic) bond motifs is 1. The van der Waals surface area contributed by atoms with Gasteiger partial charge in [0.1, 0.15) is 11.6 Å². The molecule has 1 aromatic carbocycles. The Morgan fingerprint density at radius 3 is 2.80 bits per heavy atom. The molecular formula is C15H16BrN3O. The zero-order valence-electron chi connectivity index (χ0n) is 11.3. The molecule has 3 rings (SSSR count). The molecule has 0 unspecified atom stereocenters. The molecule has 0 atom stereocenters. The highest BCUT2D eigenvalue weighted by molar-refractivity contribution is 9.10. The Balaban J connectivity index is 1.91. The molecule has 0 aliphatic carbocycles. The lowest BCUT2D eigenvalue weighted by atomic mass is 10.1. The second kappa shape index (κ2) is 5.89. The summed E-state index contributed by atoms with van der Waals surface area (Å²) in [6.07, 6.45) is 1.61. The average molecular weight is 334 g/mol. The summed E-state index contributed by atoms with van der Waals surface area (Å²) in [5.41, 5.74) is 3.42. The van der Waals surface area contributed by atoms with Gasteiger partial charge in [0, 0.05) is 29.9 Å².